The Morgan fingerprint density at radius 2 is 1.80 bits per heavy atom. The quantitative estimate of drug-likeness (QED) is 0.913. The summed E-state index contributed by atoms with van der Waals surface area (Å²) in [5.74, 6) is -0.0732. The lowest BCUT2D eigenvalue weighted by atomic mass is 10.0. The fourth-order valence-corrected chi connectivity index (χ4v) is 2.92. The third kappa shape index (κ3) is 4.87. The molecule has 2 rings (SSSR count). The maximum atomic E-state index is 12.2. The first-order valence-corrected chi connectivity index (χ1v) is 8.83. The number of hydrogen-bond donors (Lipinski definition) is 1. The minimum Gasteiger partial charge on any atom is -0.444 e. The molecule has 2 amide bonds. The molecule has 1 fully saturated rings. The summed E-state index contributed by atoms with van der Waals surface area (Å²) in [7, 11) is 1.64. The van der Waals surface area contributed by atoms with E-state index in [0.29, 0.717) is 18.7 Å². The number of benzene rings is 1. The Labute approximate surface area is 150 Å². The number of nitrogens with zero attached hydrogens (tertiary/aromatic N) is 2. The highest BCUT2D eigenvalue weighted by Crippen LogP contribution is 2.24. The van der Waals surface area contributed by atoms with E-state index in [1.165, 1.54) is 0 Å². The maximum Gasteiger partial charge on any atom is 0.410 e. The van der Waals surface area contributed by atoms with Gasteiger partial charge in [-0.15, -0.1) is 0 Å². The number of rotatable bonds is 3. The largest absolute Gasteiger partial charge is 0.444 e. The molecule has 6 nitrogen and oxygen atoms in total. The molecule has 1 aromatic carbocycles. The monoisotopic (exact) mass is 347 g/mol. The van der Waals surface area contributed by atoms with Crippen LogP contribution in [0.1, 0.15) is 43.6 Å². The highest BCUT2D eigenvalue weighted by molar-refractivity contribution is 5.94. The van der Waals surface area contributed by atoms with Crippen molar-refractivity contribution in [3.05, 3.63) is 29.3 Å². The maximum absolute atomic E-state index is 12.2. The van der Waals surface area contributed by atoms with Crippen LogP contribution in [0.3, 0.4) is 0 Å². The van der Waals surface area contributed by atoms with Crippen molar-refractivity contribution < 1.29 is 14.3 Å². The zero-order valence-corrected chi connectivity index (χ0v) is 15.9. The standard InChI is InChI=1S/C19H29N3O3/c1-6-14-13-15(17(23)20-5)7-8-16(14)21-9-11-22(12-10-21)18(24)25-19(2,3)4/h7-8,13H,6,9-12H2,1-5H3,(H,20,23). The zero-order chi connectivity index (χ0) is 18.6. The number of aryl methyl sites for hydroxylation is 1. The van der Waals surface area contributed by atoms with Crippen molar-refractivity contribution in [2.75, 3.05) is 38.1 Å². The number of piperazine rings is 1. The summed E-state index contributed by atoms with van der Waals surface area (Å²) in [4.78, 5) is 28.0. The fourth-order valence-electron chi connectivity index (χ4n) is 2.92. The molecular formula is C19H29N3O3. The highest BCUT2D eigenvalue weighted by Gasteiger charge is 2.26. The number of hydrogen-bond acceptors (Lipinski definition) is 4. The molecule has 138 valence electrons. The lowest BCUT2D eigenvalue weighted by Crippen LogP contribution is -2.50. The molecule has 0 aromatic heterocycles. The second-order valence-electron chi connectivity index (χ2n) is 7.23. The van der Waals surface area contributed by atoms with Crippen LogP contribution in [-0.4, -0.2) is 55.7 Å². The van der Waals surface area contributed by atoms with E-state index in [-0.39, 0.29) is 12.0 Å². The Kier molecular flexibility index (Phi) is 5.93. The Hall–Kier alpha value is -2.24. The molecule has 6 heteroatoms. The molecule has 0 atom stereocenters. The van der Waals surface area contributed by atoms with Gasteiger partial charge in [-0.3, -0.25) is 4.79 Å². The van der Waals surface area contributed by atoms with Crippen molar-refractivity contribution in [3.8, 4) is 0 Å². The van der Waals surface area contributed by atoms with Crippen LogP contribution < -0.4 is 10.2 Å². The van der Waals surface area contributed by atoms with Crippen LogP contribution in [-0.2, 0) is 11.2 Å². The molecule has 1 aliphatic rings. The van der Waals surface area contributed by atoms with E-state index >= 15 is 0 Å². The molecule has 1 aliphatic heterocycles. The first kappa shape index (κ1) is 19.1. The molecule has 0 saturated carbocycles. The Balaban J connectivity index is 2.05. The van der Waals surface area contributed by atoms with Gasteiger partial charge in [-0.2, -0.15) is 0 Å². The molecular weight excluding hydrogens is 318 g/mol. The van der Waals surface area contributed by atoms with Crippen LogP contribution in [0, 0.1) is 0 Å². The van der Waals surface area contributed by atoms with Crippen LogP contribution in [0.5, 0.6) is 0 Å². The van der Waals surface area contributed by atoms with Crippen molar-refractivity contribution in [1.29, 1.82) is 0 Å². The molecule has 0 bridgehead atoms. The summed E-state index contributed by atoms with van der Waals surface area (Å²) in [5, 5.41) is 2.66. The number of carbonyl (C=O) groups is 2. The van der Waals surface area contributed by atoms with Gasteiger partial charge in [0, 0.05) is 44.5 Å². The average Bonchev–Trinajstić information content (AvgIpc) is 2.59. The van der Waals surface area contributed by atoms with Gasteiger partial charge < -0.3 is 19.9 Å². The third-order valence-corrected chi connectivity index (χ3v) is 4.22. The molecule has 0 aliphatic carbocycles. The lowest BCUT2D eigenvalue weighted by Gasteiger charge is -2.37. The van der Waals surface area contributed by atoms with Gasteiger partial charge in [0.05, 0.1) is 0 Å². The normalized spacial score (nSPS) is 15.1. The molecule has 25 heavy (non-hydrogen) atoms. The number of nitrogens with one attached hydrogen (secondary N) is 1. The van der Waals surface area contributed by atoms with Crippen molar-refractivity contribution in [3.63, 3.8) is 0 Å². The molecule has 1 aromatic rings. The summed E-state index contributed by atoms with van der Waals surface area (Å²) in [6, 6.07) is 5.81. The summed E-state index contributed by atoms with van der Waals surface area (Å²) < 4.78 is 5.44. The molecule has 1 N–H and O–H groups in total. The van der Waals surface area contributed by atoms with E-state index in [2.05, 4.69) is 17.1 Å². The highest BCUT2D eigenvalue weighted by atomic mass is 16.6. The van der Waals surface area contributed by atoms with Gasteiger partial charge in [-0.05, 0) is 51.0 Å². The van der Waals surface area contributed by atoms with Gasteiger partial charge in [0.15, 0.2) is 0 Å². The second kappa shape index (κ2) is 7.76. The van der Waals surface area contributed by atoms with Crippen molar-refractivity contribution >= 4 is 17.7 Å². The molecule has 0 unspecified atom stereocenters. The van der Waals surface area contributed by atoms with Crippen LogP contribution in [0.4, 0.5) is 10.5 Å². The fraction of sp³-hybridized carbons (Fsp3) is 0.579. The summed E-state index contributed by atoms with van der Waals surface area (Å²) in [6.07, 6.45) is 0.602. The van der Waals surface area contributed by atoms with Gasteiger partial charge in [0.25, 0.3) is 5.91 Å². The second-order valence-corrected chi connectivity index (χ2v) is 7.23. The number of anilines is 1. The van der Waals surface area contributed by atoms with Gasteiger partial charge in [-0.25, -0.2) is 4.79 Å². The minimum absolute atomic E-state index is 0.0732. The number of carbonyl (C=O) groups excluding carboxylic acids is 2. The first-order valence-electron chi connectivity index (χ1n) is 8.83. The van der Waals surface area contributed by atoms with Crippen molar-refractivity contribution in [1.82, 2.24) is 10.2 Å². The van der Waals surface area contributed by atoms with Gasteiger partial charge in [0.2, 0.25) is 0 Å². The summed E-state index contributed by atoms with van der Waals surface area (Å²) in [6.45, 7) is 10.5. The van der Waals surface area contributed by atoms with Crippen molar-refractivity contribution in [2.45, 2.75) is 39.7 Å². The smallest absolute Gasteiger partial charge is 0.410 e. The summed E-state index contributed by atoms with van der Waals surface area (Å²) >= 11 is 0. The SMILES string of the molecule is CCc1cc(C(=O)NC)ccc1N1CCN(C(=O)OC(C)(C)C)CC1. The van der Waals surface area contributed by atoms with Crippen LogP contribution >= 0.6 is 0 Å². The number of amides is 2. The Morgan fingerprint density at radius 3 is 2.32 bits per heavy atom. The molecule has 0 spiro atoms. The van der Waals surface area contributed by atoms with E-state index in [4.69, 9.17) is 4.74 Å². The number of ether oxygens (including phenoxy) is 1. The topological polar surface area (TPSA) is 61.9 Å². The van der Waals surface area contributed by atoms with E-state index in [1.807, 2.05) is 39.0 Å². The molecule has 1 heterocycles. The van der Waals surface area contributed by atoms with E-state index in [9.17, 15) is 9.59 Å². The van der Waals surface area contributed by atoms with Crippen molar-refractivity contribution in [2.24, 2.45) is 0 Å². The molecule has 0 radical (unpaired) electrons. The van der Waals surface area contributed by atoms with Crippen LogP contribution in [0.15, 0.2) is 18.2 Å². The lowest BCUT2D eigenvalue weighted by molar-refractivity contribution is 0.0240. The molecule has 1 saturated heterocycles. The van der Waals surface area contributed by atoms with Gasteiger partial charge in [0.1, 0.15) is 5.60 Å². The third-order valence-electron chi connectivity index (χ3n) is 4.22. The van der Waals surface area contributed by atoms with Crippen LogP contribution in [0.2, 0.25) is 0 Å². The average molecular weight is 347 g/mol. The Bertz CT molecular complexity index is 629. The zero-order valence-electron chi connectivity index (χ0n) is 15.9. The minimum atomic E-state index is -0.473. The van der Waals surface area contributed by atoms with E-state index < -0.39 is 5.60 Å². The van der Waals surface area contributed by atoms with Gasteiger partial charge in [-0.1, -0.05) is 6.92 Å². The predicted molar refractivity (Wildman–Crippen MR) is 99.2 cm³/mol. The van der Waals surface area contributed by atoms with Gasteiger partial charge >= 0.3 is 6.09 Å². The Morgan fingerprint density at radius 1 is 1.16 bits per heavy atom. The van der Waals surface area contributed by atoms with E-state index in [1.54, 1.807) is 11.9 Å². The first-order chi connectivity index (χ1) is 11.7. The van der Waals surface area contributed by atoms with Crippen LogP contribution in [0.25, 0.3) is 0 Å². The predicted octanol–water partition coefficient (Wildman–Crippen LogP) is 2.67. The summed E-state index contributed by atoms with van der Waals surface area (Å²) in [5.41, 5.74) is 2.49. The van der Waals surface area contributed by atoms with E-state index in [0.717, 1.165) is 30.8 Å².